The first-order valence-corrected chi connectivity index (χ1v) is 7.07. The fourth-order valence-electron chi connectivity index (χ4n) is 2.65. The van der Waals surface area contributed by atoms with Crippen LogP contribution in [0.1, 0.15) is 23.2 Å². The van der Waals surface area contributed by atoms with Crippen molar-refractivity contribution in [3.63, 3.8) is 0 Å². The monoisotopic (exact) mass is 310 g/mol. The predicted molar refractivity (Wildman–Crippen MR) is 78.5 cm³/mol. The molecule has 4 heteroatoms. The average Bonchev–Trinajstić information content (AvgIpc) is 2.76. The number of likely N-dealkylation sites (N-methyl/N-ethyl adjacent to an activating group) is 1. The zero-order chi connectivity index (χ0) is 13.1. The van der Waals surface area contributed by atoms with E-state index < -0.39 is 0 Å². The van der Waals surface area contributed by atoms with Crippen molar-refractivity contribution in [3.05, 3.63) is 28.2 Å². The van der Waals surface area contributed by atoms with Crippen molar-refractivity contribution in [2.45, 2.75) is 18.9 Å². The van der Waals surface area contributed by atoms with E-state index in [0.29, 0.717) is 6.04 Å². The number of aldehydes is 1. The van der Waals surface area contributed by atoms with Crippen LogP contribution in [0.5, 0.6) is 0 Å². The molecule has 0 aromatic heterocycles. The third-order valence-electron chi connectivity index (χ3n) is 3.38. The van der Waals surface area contributed by atoms with Crippen molar-refractivity contribution in [2.75, 3.05) is 32.1 Å². The molecule has 98 valence electrons. The molecular weight excluding hydrogens is 292 g/mol. The number of hydrogen-bond acceptors (Lipinski definition) is 3. The summed E-state index contributed by atoms with van der Waals surface area (Å²) in [7, 11) is 4.19. The largest absolute Gasteiger partial charge is 0.367 e. The summed E-state index contributed by atoms with van der Waals surface area (Å²) in [4.78, 5) is 15.8. The van der Waals surface area contributed by atoms with E-state index in [2.05, 4.69) is 39.8 Å². The minimum absolute atomic E-state index is 0.514. The van der Waals surface area contributed by atoms with Gasteiger partial charge in [0.1, 0.15) is 0 Å². The molecule has 0 amide bonds. The summed E-state index contributed by atoms with van der Waals surface area (Å²) in [6.45, 7) is 2.08. The third kappa shape index (κ3) is 2.93. The van der Waals surface area contributed by atoms with Crippen LogP contribution in [0, 0.1) is 0 Å². The number of anilines is 1. The van der Waals surface area contributed by atoms with E-state index in [-0.39, 0.29) is 0 Å². The van der Waals surface area contributed by atoms with Crippen LogP contribution >= 0.6 is 15.9 Å². The van der Waals surface area contributed by atoms with Crippen LogP contribution in [-0.4, -0.2) is 44.4 Å². The van der Waals surface area contributed by atoms with E-state index in [4.69, 9.17) is 0 Å². The lowest BCUT2D eigenvalue weighted by Crippen LogP contribution is -2.38. The Kier molecular flexibility index (Phi) is 4.40. The lowest BCUT2D eigenvalue weighted by molar-refractivity contribution is 0.112. The second kappa shape index (κ2) is 5.85. The van der Waals surface area contributed by atoms with Gasteiger partial charge in [0.25, 0.3) is 0 Å². The molecule has 1 saturated heterocycles. The van der Waals surface area contributed by atoms with Gasteiger partial charge in [-0.05, 0) is 45.1 Å². The van der Waals surface area contributed by atoms with Crippen molar-refractivity contribution in [1.82, 2.24) is 4.90 Å². The van der Waals surface area contributed by atoms with Gasteiger partial charge in [0, 0.05) is 34.9 Å². The zero-order valence-corrected chi connectivity index (χ0v) is 12.5. The molecule has 1 unspecified atom stereocenters. The van der Waals surface area contributed by atoms with Gasteiger partial charge in [-0.25, -0.2) is 0 Å². The van der Waals surface area contributed by atoms with Crippen LogP contribution in [0.25, 0.3) is 0 Å². The quantitative estimate of drug-likeness (QED) is 0.799. The Bertz CT molecular complexity index is 434. The molecule has 1 atom stereocenters. The molecule has 0 saturated carbocycles. The van der Waals surface area contributed by atoms with Crippen LogP contribution in [0.4, 0.5) is 5.69 Å². The number of carbonyl (C=O) groups excluding carboxylic acids is 1. The second-order valence-electron chi connectivity index (χ2n) is 5.07. The standard InChI is InChI=1S/C14H19BrN2O/c1-16(2)9-13-4-3-7-17(13)14-6-5-12(15)8-11(14)10-18/h5-6,8,10,13H,3-4,7,9H2,1-2H3. The second-order valence-corrected chi connectivity index (χ2v) is 5.99. The molecule has 0 spiro atoms. The van der Waals surface area contributed by atoms with Gasteiger partial charge >= 0.3 is 0 Å². The van der Waals surface area contributed by atoms with Crippen molar-refractivity contribution in [3.8, 4) is 0 Å². The predicted octanol–water partition coefficient (Wildman–Crippen LogP) is 2.79. The van der Waals surface area contributed by atoms with E-state index in [1.165, 1.54) is 12.8 Å². The zero-order valence-electron chi connectivity index (χ0n) is 10.9. The highest BCUT2D eigenvalue weighted by Gasteiger charge is 2.26. The van der Waals surface area contributed by atoms with Crippen LogP contribution < -0.4 is 4.90 Å². The number of carbonyl (C=O) groups is 1. The molecule has 1 aliphatic heterocycles. The third-order valence-corrected chi connectivity index (χ3v) is 3.87. The fourth-order valence-corrected chi connectivity index (χ4v) is 3.02. The molecule has 1 aromatic carbocycles. The molecule has 18 heavy (non-hydrogen) atoms. The maximum Gasteiger partial charge on any atom is 0.152 e. The maximum absolute atomic E-state index is 11.2. The Morgan fingerprint density at radius 1 is 1.50 bits per heavy atom. The number of halogens is 1. The van der Waals surface area contributed by atoms with Gasteiger partial charge < -0.3 is 9.80 Å². The topological polar surface area (TPSA) is 23.6 Å². The van der Waals surface area contributed by atoms with Gasteiger partial charge in [0.15, 0.2) is 6.29 Å². The van der Waals surface area contributed by atoms with Gasteiger partial charge in [-0.1, -0.05) is 15.9 Å². The van der Waals surface area contributed by atoms with Crippen molar-refractivity contribution < 1.29 is 4.79 Å². The van der Waals surface area contributed by atoms with Crippen LogP contribution in [-0.2, 0) is 0 Å². The van der Waals surface area contributed by atoms with E-state index in [0.717, 1.165) is 35.1 Å². The van der Waals surface area contributed by atoms with E-state index in [9.17, 15) is 4.79 Å². The Morgan fingerprint density at radius 2 is 2.28 bits per heavy atom. The molecule has 3 nitrogen and oxygen atoms in total. The Labute approximate surface area is 117 Å². The smallest absolute Gasteiger partial charge is 0.152 e. The molecule has 1 heterocycles. The Morgan fingerprint density at radius 3 is 2.94 bits per heavy atom. The van der Waals surface area contributed by atoms with Gasteiger partial charge in [0.2, 0.25) is 0 Å². The summed E-state index contributed by atoms with van der Waals surface area (Å²) in [5.41, 5.74) is 1.84. The number of hydrogen-bond donors (Lipinski definition) is 0. The molecule has 1 aromatic rings. The summed E-state index contributed by atoms with van der Waals surface area (Å²) in [5.74, 6) is 0. The maximum atomic E-state index is 11.2. The number of rotatable bonds is 4. The first kappa shape index (κ1) is 13.6. The van der Waals surface area contributed by atoms with Crippen molar-refractivity contribution >= 4 is 27.9 Å². The molecule has 2 rings (SSSR count). The van der Waals surface area contributed by atoms with E-state index >= 15 is 0 Å². The summed E-state index contributed by atoms with van der Waals surface area (Å²) in [5, 5.41) is 0. The van der Waals surface area contributed by atoms with E-state index in [1.807, 2.05) is 18.2 Å². The normalized spacial score (nSPS) is 19.6. The highest BCUT2D eigenvalue weighted by Crippen LogP contribution is 2.30. The van der Waals surface area contributed by atoms with E-state index in [1.54, 1.807) is 0 Å². The van der Waals surface area contributed by atoms with Gasteiger partial charge in [-0.2, -0.15) is 0 Å². The van der Waals surface area contributed by atoms with Gasteiger partial charge in [-0.15, -0.1) is 0 Å². The Hall–Kier alpha value is -0.870. The summed E-state index contributed by atoms with van der Waals surface area (Å²) in [6.07, 6.45) is 3.35. The highest BCUT2D eigenvalue weighted by atomic mass is 79.9. The summed E-state index contributed by atoms with van der Waals surface area (Å²) >= 11 is 3.42. The Balaban J connectivity index is 2.27. The summed E-state index contributed by atoms with van der Waals surface area (Å²) in [6, 6.07) is 6.46. The highest BCUT2D eigenvalue weighted by molar-refractivity contribution is 9.10. The van der Waals surface area contributed by atoms with Crippen LogP contribution in [0.3, 0.4) is 0 Å². The molecule has 0 radical (unpaired) electrons. The molecule has 0 N–H and O–H groups in total. The summed E-state index contributed by atoms with van der Waals surface area (Å²) < 4.78 is 0.955. The first-order chi connectivity index (χ1) is 8.61. The van der Waals surface area contributed by atoms with Crippen LogP contribution in [0.2, 0.25) is 0 Å². The molecule has 1 fully saturated rings. The first-order valence-electron chi connectivity index (χ1n) is 6.28. The number of benzene rings is 1. The molecule has 1 aliphatic rings. The number of nitrogens with zero attached hydrogens (tertiary/aromatic N) is 2. The minimum Gasteiger partial charge on any atom is -0.367 e. The van der Waals surface area contributed by atoms with Crippen molar-refractivity contribution in [1.29, 1.82) is 0 Å². The van der Waals surface area contributed by atoms with Crippen molar-refractivity contribution in [2.24, 2.45) is 0 Å². The SMILES string of the molecule is CN(C)CC1CCCN1c1ccc(Br)cc1C=O. The minimum atomic E-state index is 0.514. The average molecular weight is 311 g/mol. The fraction of sp³-hybridized carbons (Fsp3) is 0.500. The van der Waals surface area contributed by atoms with Gasteiger partial charge in [0.05, 0.1) is 0 Å². The van der Waals surface area contributed by atoms with Crippen LogP contribution in [0.15, 0.2) is 22.7 Å². The molecule has 0 aliphatic carbocycles. The molecule has 0 bridgehead atoms. The lowest BCUT2D eigenvalue weighted by Gasteiger charge is -2.30. The molecular formula is C14H19BrN2O. The lowest BCUT2D eigenvalue weighted by atomic mass is 10.1. The van der Waals surface area contributed by atoms with Gasteiger partial charge in [-0.3, -0.25) is 4.79 Å².